The molecule has 6 heteroatoms. The van der Waals surface area contributed by atoms with Crippen LogP contribution in [0.3, 0.4) is 0 Å². The minimum absolute atomic E-state index is 0.359. The average Bonchev–Trinajstić information content (AvgIpc) is 2.98. The molecule has 2 N–H and O–H groups in total. The Morgan fingerprint density at radius 3 is 2.62 bits per heavy atom. The third-order valence-corrected chi connectivity index (χ3v) is 3.61. The Bertz CT molecular complexity index is 625. The number of aryl methyl sites for hydroxylation is 1. The molecule has 2 heterocycles. The largest absolute Gasteiger partial charge is 0.467 e. The van der Waals surface area contributed by atoms with E-state index < -0.39 is 0 Å². The molecule has 0 aliphatic heterocycles. The van der Waals surface area contributed by atoms with E-state index in [1.807, 2.05) is 24.1 Å². The van der Waals surface area contributed by atoms with E-state index in [0.717, 1.165) is 35.4 Å². The third-order valence-electron chi connectivity index (χ3n) is 3.41. The summed E-state index contributed by atoms with van der Waals surface area (Å²) in [7, 11) is 1.93. The lowest BCUT2D eigenvalue weighted by Crippen LogP contribution is -2.25. The summed E-state index contributed by atoms with van der Waals surface area (Å²) in [6, 6.07) is 3.78. The SMILES string of the molecule is CCc1nnc(N(C)Cc2ccco2)c(C(N)=S)c1CC. The van der Waals surface area contributed by atoms with Crippen molar-refractivity contribution in [3.05, 3.63) is 41.0 Å². The number of anilines is 1. The van der Waals surface area contributed by atoms with E-state index >= 15 is 0 Å². The van der Waals surface area contributed by atoms with Crippen LogP contribution in [0.5, 0.6) is 0 Å². The zero-order chi connectivity index (χ0) is 15.4. The van der Waals surface area contributed by atoms with E-state index in [0.29, 0.717) is 17.4 Å². The summed E-state index contributed by atoms with van der Waals surface area (Å²) >= 11 is 5.24. The zero-order valence-corrected chi connectivity index (χ0v) is 13.4. The van der Waals surface area contributed by atoms with Crippen molar-refractivity contribution in [2.75, 3.05) is 11.9 Å². The van der Waals surface area contributed by atoms with Crippen LogP contribution in [0.2, 0.25) is 0 Å². The molecule has 21 heavy (non-hydrogen) atoms. The lowest BCUT2D eigenvalue weighted by atomic mass is 10.0. The van der Waals surface area contributed by atoms with Crippen molar-refractivity contribution in [1.82, 2.24) is 10.2 Å². The molecule has 0 aromatic carbocycles. The van der Waals surface area contributed by atoms with Crippen molar-refractivity contribution in [1.29, 1.82) is 0 Å². The molecular formula is C15H20N4OS. The van der Waals surface area contributed by atoms with Gasteiger partial charge in [-0.1, -0.05) is 26.1 Å². The average molecular weight is 304 g/mol. The van der Waals surface area contributed by atoms with Crippen LogP contribution in [-0.2, 0) is 19.4 Å². The second-order valence-electron chi connectivity index (χ2n) is 4.83. The van der Waals surface area contributed by atoms with Crippen LogP contribution in [0.4, 0.5) is 5.82 Å². The number of aromatic nitrogens is 2. The number of hydrogen-bond donors (Lipinski definition) is 1. The first-order valence-electron chi connectivity index (χ1n) is 7.00. The highest BCUT2D eigenvalue weighted by atomic mass is 32.1. The third kappa shape index (κ3) is 3.21. The lowest BCUT2D eigenvalue weighted by molar-refractivity contribution is 0.506. The smallest absolute Gasteiger partial charge is 0.161 e. The van der Waals surface area contributed by atoms with Crippen LogP contribution in [0, 0.1) is 0 Å². The standard InChI is InChI=1S/C15H20N4OS/c1-4-11-12(5-2)17-18-15(13(11)14(16)21)19(3)9-10-7-6-8-20-10/h6-8H,4-5,9H2,1-3H3,(H2,16,21). The molecule has 2 rings (SSSR count). The number of nitrogens with two attached hydrogens (primary N) is 1. The molecule has 0 amide bonds. The fraction of sp³-hybridized carbons (Fsp3) is 0.400. The molecule has 0 unspecified atom stereocenters. The normalized spacial score (nSPS) is 10.6. The van der Waals surface area contributed by atoms with Crippen molar-refractivity contribution >= 4 is 23.0 Å². The Kier molecular flexibility index (Phi) is 4.90. The predicted octanol–water partition coefficient (Wildman–Crippen LogP) is 2.47. The summed E-state index contributed by atoms with van der Waals surface area (Å²) < 4.78 is 5.37. The Balaban J connectivity index is 2.45. The lowest BCUT2D eigenvalue weighted by Gasteiger charge is -2.22. The van der Waals surface area contributed by atoms with E-state index in [-0.39, 0.29) is 0 Å². The molecule has 0 spiro atoms. The first kappa shape index (κ1) is 15.4. The van der Waals surface area contributed by atoms with Gasteiger partial charge >= 0.3 is 0 Å². The summed E-state index contributed by atoms with van der Waals surface area (Å²) in [5, 5.41) is 8.65. The van der Waals surface area contributed by atoms with Gasteiger partial charge in [0.05, 0.1) is 24.1 Å². The van der Waals surface area contributed by atoms with Gasteiger partial charge in [0.2, 0.25) is 0 Å². The van der Waals surface area contributed by atoms with Crippen molar-refractivity contribution in [2.45, 2.75) is 33.2 Å². The maximum Gasteiger partial charge on any atom is 0.161 e. The summed E-state index contributed by atoms with van der Waals surface area (Å²) in [4.78, 5) is 2.32. The van der Waals surface area contributed by atoms with Gasteiger partial charge < -0.3 is 15.1 Å². The molecule has 0 atom stereocenters. The van der Waals surface area contributed by atoms with Gasteiger partial charge in [0, 0.05) is 7.05 Å². The Hall–Kier alpha value is -1.95. The molecule has 5 nitrogen and oxygen atoms in total. The van der Waals surface area contributed by atoms with Gasteiger partial charge in [0.25, 0.3) is 0 Å². The van der Waals surface area contributed by atoms with Crippen LogP contribution in [0.15, 0.2) is 22.8 Å². The van der Waals surface area contributed by atoms with Crippen LogP contribution < -0.4 is 10.6 Å². The van der Waals surface area contributed by atoms with Gasteiger partial charge in [-0.2, -0.15) is 5.10 Å². The Morgan fingerprint density at radius 2 is 2.10 bits per heavy atom. The van der Waals surface area contributed by atoms with Crippen molar-refractivity contribution < 1.29 is 4.42 Å². The van der Waals surface area contributed by atoms with E-state index in [2.05, 4.69) is 24.0 Å². The molecule has 0 saturated carbocycles. The molecule has 2 aromatic heterocycles. The van der Waals surface area contributed by atoms with Crippen LogP contribution in [0.1, 0.15) is 36.4 Å². The highest BCUT2D eigenvalue weighted by Crippen LogP contribution is 2.24. The van der Waals surface area contributed by atoms with E-state index in [4.69, 9.17) is 22.4 Å². The Labute approximate surface area is 130 Å². The van der Waals surface area contributed by atoms with E-state index in [9.17, 15) is 0 Å². The van der Waals surface area contributed by atoms with E-state index in [1.165, 1.54) is 0 Å². The van der Waals surface area contributed by atoms with Gasteiger partial charge in [-0.25, -0.2) is 0 Å². The fourth-order valence-corrected chi connectivity index (χ4v) is 2.61. The molecule has 0 aliphatic rings. The highest BCUT2D eigenvalue weighted by Gasteiger charge is 2.19. The topological polar surface area (TPSA) is 68.2 Å². The van der Waals surface area contributed by atoms with Gasteiger partial charge in [-0.05, 0) is 30.5 Å². The van der Waals surface area contributed by atoms with Gasteiger partial charge in [0.1, 0.15) is 10.7 Å². The monoisotopic (exact) mass is 304 g/mol. The molecule has 0 bridgehead atoms. The van der Waals surface area contributed by atoms with Gasteiger partial charge in [-0.15, -0.1) is 5.10 Å². The fourth-order valence-electron chi connectivity index (χ4n) is 2.40. The van der Waals surface area contributed by atoms with Crippen LogP contribution in [0.25, 0.3) is 0 Å². The maximum atomic E-state index is 5.94. The highest BCUT2D eigenvalue weighted by molar-refractivity contribution is 7.80. The van der Waals surface area contributed by atoms with E-state index in [1.54, 1.807) is 6.26 Å². The summed E-state index contributed by atoms with van der Waals surface area (Å²) in [6.45, 7) is 4.72. The minimum atomic E-state index is 0.359. The van der Waals surface area contributed by atoms with Gasteiger partial charge in [0.15, 0.2) is 5.82 Å². The number of hydrogen-bond acceptors (Lipinski definition) is 5. The number of furan rings is 1. The molecule has 0 fully saturated rings. The minimum Gasteiger partial charge on any atom is -0.467 e. The predicted molar refractivity (Wildman–Crippen MR) is 87.5 cm³/mol. The van der Waals surface area contributed by atoms with Crippen molar-refractivity contribution in [3.63, 3.8) is 0 Å². The van der Waals surface area contributed by atoms with Crippen molar-refractivity contribution in [3.8, 4) is 0 Å². The quantitative estimate of drug-likeness (QED) is 0.827. The second-order valence-corrected chi connectivity index (χ2v) is 5.27. The maximum absolute atomic E-state index is 5.94. The number of thiocarbonyl (C=S) groups is 1. The summed E-state index contributed by atoms with van der Waals surface area (Å²) in [6.07, 6.45) is 3.29. The molecule has 0 radical (unpaired) electrons. The van der Waals surface area contributed by atoms with Crippen LogP contribution in [-0.4, -0.2) is 22.2 Å². The van der Waals surface area contributed by atoms with Gasteiger partial charge in [-0.3, -0.25) is 0 Å². The Morgan fingerprint density at radius 1 is 1.33 bits per heavy atom. The first-order chi connectivity index (χ1) is 10.1. The molecule has 0 aliphatic carbocycles. The first-order valence-corrected chi connectivity index (χ1v) is 7.41. The number of rotatable bonds is 6. The molecular weight excluding hydrogens is 284 g/mol. The second kappa shape index (κ2) is 6.67. The molecule has 0 saturated heterocycles. The molecule has 2 aromatic rings. The van der Waals surface area contributed by atoms with Crippen LogP contribution >= 0.6 is 12.2 Å². The zero-order valence-electron chi connectivity index (χ0n) is 12.6. The summed E-state index contributed by atoms with van der Waals surface area (Å²) in [5.41, 5.74) is 8.81. The summed E-state index contributed by atoms with van der Waals surface area (Å²) in [5.74, 6) is 1.55. The van der Waals surface area contributed by atoms with Crippen molar-refractivity contribution in [2.24, 2.45) is 5.73 Å². The molecule has 112 valence electrons. The number of nitrogens with zero attached hydrogens (tertiary/aromatic N) is 3.